The van der Waals surface area contributed by atoms with Crippen LogP contribution in [0.5, 0.6) is 0 Å². The van der Waals surface area contributed by atoms with Crippen molar-refractivity contribution in [2.75, 3.05) is 13.2 Å². The van der Waals surface area contributed by atoms with E-state index < -0.39 is 17.8 Å². The summed E-state index contributed by atoms with van der Waals surface area (Å²) in [4.78, 5) is 0. The molecule has 0 aromatic carbocycles. The van der Waals surface area contributed by atoms with E-state index in [1.807, 2.05) is 20.8 Å². The van der Waals surface area contributed by atoms with Crippen molar-refractivity contribution in [1.29, 1.82) is 0 Å². The molecule has 116 valence electrons. The van der Waals surface area contributed by atoms with Gasteiger partial charge in [0.2, 0.25) is 0 Å². The number of aliphatic hydroxyl groups excluding tert-OH is 1. The first kappa shape index (κ1) is 18.7. The first-order chi connectivity index (χ1) is 8.67. The normalized spacial score (nSPS) is 17.5. The summed E-state index contributed by atoms with van der Waals surface area (Å²) in [6.45, 7) is 6.92. The first-order valence-electron chi connectivity index (χ1n) is 6.73. The standard InChI is InChI=1S/C13H26F3NO2/c1-5-12(9-18,17-10(2)3)7-6-8-19-11(4)13(14,15)16/h10-11,17-18H,5-9H2,1-4H3. The van der Waals surface area contributed by atoms with Gasteiger partial charge in [-0.25, -0.2) is 0 Å². The second kappa shape index (κ2) is 8.07. The molecule has 19 heavy (non-hydrogen) atoms. The molecule has 0 heterocycles. The fourth-order valence-corrected chi connectivity index (χ4v) is 1.97. The summed E-state index contributed by atoms with van der Waals surface area (Å²) in [7, 11) is 0. The van der Waals surface area contributed by atoms with Crippen LogP contribution in [0.3, 0.4) is 0 Å². The van der Waals surface area contributed by atoms with E-state index in [9.17, 15) is 18.3 Å². The van der Waals surface area contributed by atoms with Crippen molar-refractivity contribution in [3.05, 3.63) is 0 Å². The van der Waals surface area contributed by atoms with E-state index in [0.717, 1.165) is 13.3 Å². The van der Waals surface area contributed by atoms with Crippen molar-refractivity contribution < 1.29 is 23.0 Å². The van der Waals surface area contributed by atoms with Gasteiger partial charge in [-0.2, -0.15) is 13.2 Å². The largest absolute Gasteiger partial charge is 0.414 e. The molecule has 0 bridgehead atoms. The Morgan fingerprint density at radius 2 is 1.79 bits per heavy atom. The van der Waals surface area contributed by atoms with Crippen molar-refractivity contribution in [1.82, 2.24) is 5.32 Å². The Morgan fingerprint density at radius 3 is 2.16 bits per heavy atom. The van der Waals surface area contributed by atoms with Gasteiger partial charge in [-0.3, -0.25) is 0 Å². The van der Waals surface area contributed by atoms with Crippen molar-refractivity contribution in [3.63, 3.8) is 0 Å². The van der Waals surface area contributed by atoms with Crippen LogP contribution in [-0.2, 0) is 4.74 Å². The molecule has 0 aromatic rings. The quantitative estimate of drug-likeness (QED) is 0.640. The molecule has 0 aliphatic rings. The summed E-state index contributed by atoms with van der Waals surface area (Å²) in [5.41, 5.74) is -0.432. The molecule has 0 radical (unpaired) electrons. The third kappa shape index (κ3) is 7.13. The Morgan fingerprint density at radius 1 is 1.21 bits per heavy atom. The molecule has 0 saturated heterocycles. The number of halogens is 3. The number of aliphatic hydroxyl groups is 1. The summed E-state index contributed by atoms with van der Waals surface area (Å²) in [5, 5.41) is 12.8. The molecule has 2 N–H and O–H groups in total. The minimum Gasteiger partial charge on any atom is -0.394 e. The topological polar surface area (TPSA) is 41.5 Å². The maximum absolute atomic E-state index is 12.2. The van der Waals surface area contributed by atoms with Crippen LogP contribution in [-0.4, -0.2) is 42.2 Å². The van der Waals surface area contributed by atoms with Gasteiger partial charge in [-0.1, -0.05) is 20.8 Å². The van der Waals surface area contributed by atoms with E-state index in [4.69, 9.17) is 4.74 Å². The Balaban J connectivity index is 4.14. The van der Waals surface area contributed by atoms with Crippen LogP contribution in [0.1, 0.15) is 47.0 Å². The SMILES string of the molecule is CCC(CO)(CCCOC(C)C(F)(F)F)NC(C)C. The number of alkyl halides is 3. The third-order valence-electron chi connectivity index (χ3n) is 3.20. The van der Waals surface area contributed by atoms with Gasteiger partial charge in [0.1, 0.15) is 0 Å². The maximum atomic E-state index is 12.2. The van der Waals surface area contributed by atoms with Gasteiger partial charge in [0.05, 0.1) is 6.61 Å². The van der Waals surface area contributed by atoms with Gasteiger partial charge in [0, 0.05) is 18.2 Å². The molecule has 0 aliphatic heterocycles. The molecule has 3 nitrogen and oxygen atoms in total. The zero-order valence-electron chi connectivity index (χ0n) is 12.2. The second-order valence-corrected chi connectivity index (χ2v) is 5.25. The van der Waals surface area contributed by atoms with Gasteiger partial charge < -0.3 is 15.2 Å². The molecule has 0 fully saturated rings. The van der Waals surface area contributed by atoms with Crippen molar-refractivity contribution in [3.8, 4) is 0 Å². The summed E-state index contributed by atoms with van der Waals surface area (Å²) >= 11 is 0. The number of hydrogen-bond acceptors (Lipinski definition) is 3. The lowest BCUT2D eigenvalue weighted by Gasteiger charge is -2.34. The van der Waals surface area contributed by atoms with E-state index in [1.165, 1.54) is 0 Å². The molecule has 0 spiro atoms. The molecule has 0 aromatic heterocycles. The van der Waals surface area contributed by atoms with Crippen LogP contribution < -0.4 is 5.32 Å². The Hall–Kier alpha value is -0.330. The molecular weight excluding hydrogens is 259 g/mol. The molecule has 0 rings (SSSR count). The van der Waals surface area contributed by atoms with Crippen LogP contribution in [0.15, 0.2) is 0 Å². The number of hydrogen-bond donors (Lipinski definition) is 2. The second-order valence-electron chi connectivity index (χ2n) is 5.25. The Labute approximate surface area is 113 Å². The first-order valence-corrected chi connectivity index (χ1v) is 6.73. The predicted octanol–water partition coefficient (Wildman–Crippen LogP) is 2.87. The van der Waals surface area contributed by atoms with E-state index >= 15 is 0 Å². The zero-order chi connectivity index (χ0) is 15.1. The Kier molecular flexibility index (Phi) is 7.93. The summed E-state index contributed by atoms with van der Waals surface area (Å²) in [6, 6.07) is 0.210. The summed E-state index contributed by atoms with van der Waals surface area (Å²) in [6.07, 6.45) is -4.27. The minimum absolute atomic E-state index is 0.0312. The molecule has 0 saturated carbocycles. The summed E-state index contributed by atoms with van der Waals surface area (Å²) in [5.74, 6) is 0. The Bertz CT molecular complexity index is 241. The van der Waals surface area contributed by atoms with Crippen LogP contribution in [0, 0.1) is 0 Å². The van der Waals surface area contributed by atoms with Crippen LogP contribution in [0.25, 0.3) is 0 Å². The lowest BCUT2D eigenvalue weighted by molar-refractivity contribution is -0.214. The number of ether oxygens (including phenoxy) is 1. The molecule has 0 aliphatic carbocycles. The van der Waals surface area contributed by atoms with Gasteiger partial charge in [-0.15, -0.1) is 0 Å². The lowest BCUT2D eigenvalue weighted by atomic mass is 9.90. The average molecular weight is 285 g/mol. The van der Waals surface area contributed by atoms with Crippen molar-refractivity contribution in [2.45, 2.75) is 70.8 Å². The molecule has 2 unspecified atom stereocenters. The summed E-state index contributed by atoms with van der Waals surface area (Å²) < 4.78 is 41.5. The highest BCUT2D eigenvalue weighted by molar-refractivity contribution is 4.87. The highest BCUT2D eigenvalue weighted by atomic mass is 19.4. The fraction of sp³-hybridized carbons (Fsp3) is 1.00. The van der Waals surface area contributed by atoms with E-state index in [2.05, 4.69) is 5.32 Å². The molecular formula is C13H26F3NO2. The highest BCUT2D eigenvalue weighted by Crippen LogP contribution is 2.23. The number of rotatable bonds is 9. The monoisotopic (exact) mass is 285 g/mol. The van der Waals surface area contributed by atoms with Crippen LogP contribution in [0.4, 0.5) is 13.2 Å². The molecule has 6 heteroatoms. The predicted molar refractivity (Wildman–Crippen MR) is 69.1 cm³/mol. The fourth-order valence-electron chi connectivity index (χ4n) is 1.97. The van der Waals surface area contributed by atoms with Crippen LogP contribution in [0.2, 0.25) is 0 Å². The molecule has 2 atom stereocenters. The van der Waals surface area contributed by atoms with E-state index in [-0.39, 0.29) is 19.3 Å². The lowest BCUT2D eigenvalue weighted by Crippen LogP contribution is -2.51. The van der Waals surface area contributed by atoms with Gasteiger partial charge in [-0.05, 0) is 26.2 Å². The average Bonchev–Trinajstić information content (AvgIpc) is 2.31. The van der Waals surface area contributed by atoms with Crippen LogP contribution >= 0.6 is 0 Å². The highest BCUT2D eigenvalue weighted by Gasteiger charge is 2.37. The molecule has 0 amide bonds. The van der Waals surface area contributed by atoms with Gasteiger partial charge >= 0.3 is 6.18 Å². The van der Waals surface area contributed by atoms with E-state index in [1.54, 1.807) is 0 Å². The zero-order valence-corrected chi connectivity index (χ0v) is 12.2. The maximum Gasteiger partial charge on any atom is 0.414 e. The smallest absolute Gasteiger partial charge is 0.394 e. The van der Waals surface area contributed by atoms with Crippen molar-refractivity contribution in [2.24, 2.45) is 0 Å². The van der Waals surface area contributed by atoms with Gasteiger partial charge in [0.15, 0.2) is 6.10 Å². The van der Waals surface area contributed by atoms with Gasteiger partial charge in [0.25, 0.3) is 0 Å². The minimum atomic E-state index is -4.31. The van der Waals surface area contributed by atoms with E-state index in [0.29, 0.717) is 12.8 Å². The third-order valence-corrected chi connectivity index (χ3v) is 3.20. The van der Waals surface area contributed by atoms with Crippen molar-refractivity contribution >= 4 is 0 Å². The number of nitrogens with one attached hydrogen (secondary N) is 1.